The maximum atomic E-state index is 13.6. The van der Waals surface area contributed by atoms with Crippen molar-refractivity contribution in [3.63, 3.8) is 0 Å². The van der Waals surface area contributed by atoms with Crippen molar-refractivity contribution in [1.29, 1.82) is 0 Å². The second-order valence-corrected chi connectivity index (χ2v) is 9.71. The van der Waals surface area contributed by atoms with Crippen LogP contribution in [0, 0.1) is 11.8 Å². The van der Waals surface area contributed by atoms with E-state index in [0.717, 1.165) is 37.3 Å². The standard InChI is InChI=1S/C30H42N2O2/c1-5-9-13-21(7-3)19-31-25-17-18-26(32-20-22(8-4)14-10-6-2)28-27(25)29(33)23-15-11-12-16-24(23)30(28)34/h11-12,15-18,21-22,31-32H,5-10,13-14,19-20H2,1-4H3. The van der Waals surface area contributed by atoms with Crippen molar-refractivity contribution < 1.29 is 9.59 Å². The van der Waals surface area contributed by atoms with Crippen molar-refractivity contribution in [2.45, 2.75) is 79.1 Å². The molecule has 0 aliphatic heterocycles. The van der Waals surface area contributed by atoms with Crippen LogP contribution in [0.4, 0.5) is 11.4 Å². The lowest BCUT2D eigenvalue weighted by molar-refractivity contribution is 0.0980. The van der Waals surface area contributed by atoms with E-state index in [0.29, 0.717) is 34.1 Å². The van der Waals surface area contributed by atoms with Crippen molar-refractivity contribution in [3.05, 3.63) is 58.7 Å². The summed E-state index contributed by atoms with van der Waals surface area (Å²) in [5.41, 5.74) is 3.63. The van der Waals surface area contributed by atoms with Gasteiger partial charge in [-0.15, -0.1) is 0 Å². The van der Waals surface area contributed by atoms with E-state index in [1.165, 1.54) is 38.5 Å². The zero-order valence-electron chi connectivity index (χ0n) is 21.5. The number of unbranched alkanes of at least 4 members (excludes halogenated alkanes) is 2. The van der Waals surface area contributed by atoms with Crippen LogP contribution in [-0.4, -0.2) is 24.7 Å². The normalized spacial score (nSPS) is 14.4. The van der Waals surface area contributed by atoms with Gasteiger partial charge >= 0.3 is 0 Å². The number of fused-ring (bicyclic) bond motifs is 2. The predicted molar refractivity (Wildman–Crippen MR) is 143 cm³/mol. The molecule has 0 aromatic heterocycles. The molecule has 0 bridgehead atoms. The van der Waals surface area contributed by atoms with Gasteiger partial charge in [0.15, 0.2) is 11.6 Å². The monoisotopic (exact) mass is 462 g/mol. The molecule has 1 aliphatic rings. The Kier molecular flexibility index (Phi) is 9.74. The van der Waals surface area contributed by atoms with Crippen LogP contribution in [0.5, 0.6) is 0 Å². The SMILES string of the molecule is CCCCC(CC)CNc1ccc(NCC(CC)CCCC)c2c1C(=O)c1ccccc1C2=O. The lowest BCUT2D eigenvalue weighted by Gasteiger charge is -2.26. The quantitative estimate of drug-likeness (QED) is 0.257. The first-order chi connectivity index (χ1) is 16.5. The molecular weight excluding hydrogens is 420 g/mol. The highest BCUT2D eigenvalue weighted by Gasteiger charge is 2.34. The lowest BCUT2D eigenvalue weighted by atomic mass is 9.82. The molecule has 2 aromatic rings. The molecule has 4 nitrogen and oxygen atoms in total. The Bertz CT molecular complexity index is 904. The number of carbonyl (C=O) groups is 2. The Morgan fingerprint density at radius 2 is 1.06 bits per heavy atom. The minimum atomic E-state index is -0.0593. The Hall–Kier alpha value is -2.62. The average molecular weight is 463 g/mol. The largest absolute Gasteiger partial charge is 0.384 e. The predicted octanol–water partition coefficient (Wildman–Crippen LogP) is 7.72. The Labute approximate surface area is 205 Å². The number of hydrogen-bond acceptors (Lipinski definition) is 4. The van der Waals surface area contributed by atoms with Gasteiger partial charge in [0.1, 0.15) is 0 Å². The number of rotatable bonds is 14. The van der Waals surface area contributed by atoms with Gasteiger partial charge in [-0.1, -0.05) is 90.5 Å². The van der Waals surface area contributed by atoms with Crippen molar-refractivity contribution in [2.24, 2.45) is 11.8 Å². The fourth-order valence-electron chi connectivity index (χ4n) is 4.91. The second-order valence-electron chi connectivity index (χ2n) is 9.71. The van der Waals surface area contributed by atoms with Crippen LogP contribution in [0.15, 0.2) is 36.4 Å². The van der Waals surface area contributed by atoms with Gasteiger partial charge in [-0.3, -0.25) is 9.59 Å². The third kappa shape index (κ3) is 5.89. The molecule has 0 fully saturated rings. The first kappa shape index (κ1) is 26.0. The Morgan fingerprint density at radius 1 is 0.647 bits per heavy atom. The van der Waals surface area contributed by atoms with Crippen LogP contribution >= 0.6 is 0 Å². The summed E-state index contributed by atoms with van der Waals surface area (Å²) in [6, 6.07) is 11.2. The smallest absolute Gasteiger partial charge is 0.196 e. The van der Waals surface area contributed by atoms with E-state index >= 15 is 0 Å². The number of benzene rings is 2. The van der Waals surface area contributed by atoms with Gasteiger partial charge < -0.3 is 10.6 Å². The highest BCUT2D eigenvalue weighted by atomic mass is 16.1. The molecule has 0 saturated carbocycles. The zero-order chi connectivity index (χ0) is 24.5. The summed E-state index contributed by atoms with van der Waals surface area (Å²) in [7, 11) is 0. The summed E-state index contributed by atoms with van der Waals surface area (Å²) >= 11 is 0. The molecule has 1 aliphatic carbocycles. The summed E-state index contributed by atoms with van der Waals surface area (Å²) in [4.78, 5) is 27.3. The van der Waals surface area contributed by atoms with Gasteiger partial charge in [0.2, 0.25) is 0 Å². The number of carbonyl (C=O) groups excluding carboxylic acids is 2. The van der Waals surface area contributed by atoms with Crippen LogP contribution in [-0.2, 0) is 0 Å². The van der Waals surface area contributed by atoms with E-state index in [1.807, 2.05) is 24.3 Å². The third-order valence-corrected chi connectivity index (χ3v) is 7.32. The number of ketones is 2. The summed E-state index contributed by atoms with van der Waals surface area (Å²) in [6.07, 6.45) is 9.34. The molecule has 0 radical (unpaired) electrons. The van der Waals surface area contributed by atoms with Gasteiger partial charge in [0.05, 0.1) is 11.1 Å². The summed E-state index contributed by atoms with van der Waals surface area (Å²) in [5, 5.41) is 7.09. The molecule has 34 heavy (non-hydrogen) atoms. The summed E-state index contributed by atoms with van der Waals surface area (Å²) in [6.45, 7) is 10.5. The molecule has 0 amide bonds. The number of hydrogen-bond donors (Lipinski definition) is 2. The molecule has 2 N–H and O–H groups in total. The van der Waals surface area contributed by atoms with E-state index in [9.17, 15) is 9.59 Å². The van der Waals surface area contributed by atoms with Gasteiger partial charge in [0.25, 0.3) is 0 Å². The van der Waals surface area contributed by atoms with Crippen LogP contribution in [0.1, 0.15) is 111 Å². The molecule has 0 heterocycles. The van der Waals surface area contributed by atoms with Crippen molar-refractivity contribution in [2.75, 3.05) is 23.7 Å². The van der Waals surface area contributed by atoms with Crippen molar-refractivity contribution in [3.8, 4) is 0 Å². The maximum Gasteiger partial charge on any atom is 0.196 e. The van der Waals surface area contributed by atoms with E-state index in [1.54, 1.807) is 12.1 Å². The molecule has 0 spiro atoms. The number of nitrogens with one attached hydrogen (secondary N) is 2. The molecule has 0 saturated heterocycles. The third-order valence-electron chi connectivity index (χ3n) is 7.32. The van der Waals surface area contributed by atoms with Crippen molar-refractivity contribution in [1.82, 2.24) is 0 Å². The Morgan fingerprint density at radius 3 is 1.41 bits per heavy atom. The minimum absolute atomic E-state index is 0.0593. The lowest BCUT2D eigenvalue weighted by Crippen LogP contribution is -2.26. The molecule has 2 aromatic carbocycles. The molecule has 2 atom stereocenters. The first-order valence-corrected chi connectivity index (χ1v) is 13.4. The van der Waals surface area contributed by atoms with Crippen LogP contribution in [0.2, 0.25) is 0 Å². The van der Waals surface area contributed by atoms with Gasteiger partial charge in [-0.2, -0.15) is 0 Å². The summed E-state index contributed by atoms with van der Waals surface area (Å²) in [5.74, 6) is 0.991. The number of anilines is 2. The molecule has 2 unspecified atom stereocenters. The topological polar surface area (TPSA) is 58.2 Å². The van der Waals surface area contributed by atoms with E-state index in [2.05, 4.69) is 38.3 Å². The van der Waals surface area contributed by atoms with Gasteiger partial charge in [0, 0.05) is 35.6 Å². The minimum Gasteiger partial charge on any atom is -0.384 e. The van der Waals surface area contributed by atoms with Crippen LogP contribution < -0.4 is 10.6 Å². The zero-order valence-corrected chi connectivity index (χ0v) is 21.5. The van der Waals surface area contributed by atoms with Gasteiger partial charge in [-0.25, -0.2) is 0 Å². The maximum absolute atomic E-state index is 13.6. The molecular formula is C30H42N2O2. The van der Waals surface area contributed by atoms with E-state index < -0.39 is 0 Å². The Balaban J connectivity index is 1.94. The van der Waals surface area contributed by atoms with Crippen LogP contribution in [0.25, 0.3) is 0 Å². The molecule has 184 valence electrons. The highest BCUT2D eigenvalue weighted by molar-refractivity contribution is 6.31. The van der Waals surface area contributed by atoms with Crippen molar-refractivity contribution >= 4 is 22.9 Å². The van der Waals surface area contributed by atoms with E-state index in [-0.39, 0.29) is 11.6 Å². The molecule has 4 heteroatoms. The van der Waals surface area contributed by atoms with E-state index in [4.69, 9.17) is 0 Å². The fourth-order valence-corrected chi connectivity index (χ4v) is 4.91. The van der Waals surface area contributed by atoms with Gasteiger partial charge in [-0.05, 0) is 36.8 Å². The van der Waals surface area contributed by atoms with Crippen LogP contribution in [0.3, 0.4) is 0 Å². The average Bonchev–Trinajstić information content (AvgIpc) is 2.87. The summed E-state index contributed by atoms with van der Waals surface area (Å²) < 4.78 is 0. The molecule has 3 rings (SSSR count). The highest BCUT2D eigenvalue weighted by Crippen LogP contribution is 2.37. The first-order valence-electron chi connectivity index (χ1n) is 13.4. The fraction of sp³-hybridized carbons (Fsp3) is 0.533. The second kappa shape index (κ2) is 12.7.